The second kappa shape index (κ2) is 6.77. The van der Waals surface area contributed by atoms with Gasteiger partial charge in [0.2, 0.25) is 0 Å². The fourth-order valence-corrected chi connectivity index (χ4v) is 1.87. The fourth-order valence-electron chi connectivity index (χ4n) is 1.62. The Kier molecular flexibility index (Phi) is 5.64. The molecular weight excluding hydrogens is 222 g/mol. The van der Waals surface area contributed by atoms with E-state index < -0.39 is 0 Å². The van der Waals surface area contributed by atoms with Crippen LogP contribution in [-0.2, 0) is 6.42 Å². The Morgan fingerprint density at radius 1 is 1.38 bits per heavy atom. The SMILES string of the molecule is CCc1cc(OC(CC)CCN)ccc1Cl. The first kappa shape index (κ1) is 13.3. The summed E-state index contributed by atoms with van der Waals surface area (Å²) < 4.78 is 5.86. The zero-order chi connectivity index (χ0) is 12.0. The van der Waals surface area contributed by atoms with Crippen LogP contribution >= 0.6 is 11.6 Å². The maximum absolute atomic E-state index is 6.05. The summed E-state index contributed by atoms with van der Waals surface area (Å²) in [5, 5.41) is 0.807. The van der Waals surface area contributed by atoms with Crippen LogP contribution in [0, 0.1) is 0 Å². The first-order valence-electron chi connectivity index (χ1n) is 5.86. The number of nitrogens with two attached hydrogens (primary N) is 1. The topological polar surface area (TPSA) is 35.2 Å². The third-order valence-corrected chi connectivity index (χ3v) is 3.01. The molecule has 0 bridgehead atoms. The summed E-state index contributed by atoms with van der Waals surface area (Å²) in [5.41, 5.74) is 6.66. The van der Waals surface area contributed by atoms with Crippen molar-refractivity contribution in [2.75, 3.05) is 6.54 Å². The first-order chi connectivity index (χ1) is 7.71. The lowest BCUT2D eigenvalue weighted by molar-refractivity contribution is 0.189. The van der Waals surface area contributed by atoms with Crippen LogP contribution in [0.3, 0.4) is 0 Å². The normalized spacial score (nSPS) is 12.5. The summed E-state index contributed by atoms with van der Waals surface area (Å²) in [6.07, 6.45) is 2.99. The van der Waals surface area contributed by atoms with Crippen molar-refractivity contribution in [3.8, 4) is 5.75 Å². The summed E-state index contributed by atoms with van der Waals surface area (Å²) in [4.78, 5) is 0. The Balaban J connectivity index is 2.72. The van der Waals surface area contributed by atoms with Crippen molar-refractivity contribution >= 4 is 11.6 Å². The van der Waals surface area contributed by atoms with Gasteiger partial charge in [0.1, 0.15) is 5.75 Å². The molecule has 1 aromatic carbocycles. The van der Waals surface area contributed by atoms with Crippen LogP contribution in [0.1, 0.15) is 32.3 Å². The monoisotopic (exact) mass is 241 g/mol. The molecule has 0 saturated carbocycles. The highest BCUT2D eigenvalue weighted by Gasteiger charge is 2.08. The first-order valence-corrected chi connectivity index (χ1v) is 6.24. The van der Waals surface area contributed by atoms with Gasteiger partial charge in [0, 0.05) is 5.02 Å². The van der Waals surface area contributed by atoms with Gasteiger partial charge in [-0.05, 0) is 49.6 Å². The molecule has 0 saturated heterocycles. The Bertz CT molecular complexity index is 328. The van der Waals surface area contributed by atoms with Crippen LogP contribution in [0.4, 0.5) is 0 Å². The van der Waals surface area contributed by atoms with Gasteiger partial charge in [-0.3, -0.25) is 0 Å². The minimum Gasteiger partial charge on any atom is -0.490 e. The van der Waals surface area contributed by atoms with E-state index in [1.807, 2.05) is 18.2 Å². The standard InChI is InChI=1S/C13H20ClNO/c1-3-10-9-12(5-6-13(10)14)16-11(4-2)7-8-15/h5-6,9,11H,3-4,7-8,15H2,1-2H3. The lowest BCUT2D eigenvalue weighted by atomic mass is 10.1. The maximum Gasteiger partial charge on any atom is 0.120 e. The molecule has 1 aromatic rings. The fraction of sp³-hybridized carbons (Fsp3) is 0.538. The van der Waals surface area contributed by atoms with Crippen LogP contribution in [0.15, 0.2) is 18.2 Å². The molecule has 0 aliphatic carbocycles. The van der Waals surface area contributed by atoms with Crippen molar-refractivity contribution in [2.45, 2.75) is 39.2 Å². The lowest BCUT2D eigenvalue weighted by Crippen LogP contribution is -2.19. The lowest BCUT2D eigenvalue weighted by Gasteiger charge is -2.17. The van der Waals surface area contributed by atoms with E-state index in [0.29, 0.717) is 6.54 Å². The van der Waals surface area contributed by atoms with Gasteiger partial charge >= 0.3 is 0 Å². The molecule has 2 nitrogen and oxygen atoms in total. The third-order valence-electron chi connectivity index (χ3n) is 2.64. The molecule has 0 aliphatic heterocycles. The highest BCUT2D eigenvalue weighted by atomic mass is 35.5. The summed E-state index contributed by atoms with van der Waals surface area (Å²) in [6, 6.07) is 5.83. The smallest absolute Gasteiger partial charge is 0.120 e. The molecule has 0 fully saturated rings. The number of rotatable bonds is 6. The van der Waals surface area contributed by atoms with Crippen molar-refractivity contribution in [1.82, 2.24) is 0 Å². The van der Waals surface area contributed by atoms with E-state index in [2.05, 4.69) is 13.8 Å². The summed E-state index contributed by atoms with van der Waals surface area (Å²) in [5.74, 6) is 0.890. The summed E-state index contributed by atoms with van der Waals surface area (Å²) >= 11 is 6.05. The second-order valence-electron chi connectivity index (χ2n) is 3.83. The summed E-state index contributed by atoms with van der Waals surface area (Å²) in [7, 11) is 0. The van der Waals surface area contributed by atoms with E-state index in [9.17, 15) is 0 Å². The Morgan fingerprint density at radius 2 is 2.12 bits per heavy atom. The van der Waals surface area contributed by atoms with Gasteiger partial charge < -0.3 is 10.5 Å². The van der Waals surface area contributed by atoms with Crippen molar-refractivity contribution in [1.29, 1.82) is 0 Å². The van der Waals surface area contributed by atoms with Crippen LogP contribution in [0.25, 0.3) is 0 Å². The largest absolute Gasteiger partial charge is 0.490 e. The molecule has 2 N–H and O–H groups in total. The van der Waals surface area contributed by atoms with E-state index in [-0.39, 0.29) is 6.10 Å². The van der Waals surface area contributed by atoms with E-state index in [1.54, 1.807) is 0 Å². The van der Waals surface area contributed by atoms with Gasteiger partial charge in [-0.1, -0.05) is 25.4 Å². The van der Waals surface area contributed by atoms with Gasteiger partial charge in [-0.2, -0.15) is 0 Å². The highest BCUT2D eigenvalue weighted by molar-refractivity contribution is 6.31. The van der Waals surface area contributed by atoms with Gasteiger partial charge in [-0.25, -0.2) is 0 Å². The Hall–Kier alpha value is -0.730. The predicted molar refractivity (Wildman–Crippen MR) is 69.2 cm³/mol. The van der Waals surface area contributed by atoms with Gasteiger partial charge in [0.15, 0.2) is 0 Å². The number of ether oxygens (including phenoxy) is 1. The third kappa shape index (κ3) is 3.69. The van der Waals surface area contributed by atoms with E-state index >= 15 is 0 Å². The Morgan fingerprint density at radius 3 is 2.69 bits per heavy atom. The van der Waals surface area contributed by atoms with Crippen LogP contribution in [0.2, 0.25) is 5.02 Å². The maximum atomic E-state index is 6.05. The molecule has 0 heterocycles. The molecule has 3 heteroatoms. The number of benzene rings is 1. The van der Waals surface area contributed by atoms with E-state index in [0.717, 1.165) is 35.6 Å². The van der Waals surface area contributed by atoms with E-state index in [1.165, 1.54) is 0 Å². The molecule has 1 atom stereocenters. The van der Waals surface area contributed by atoms with Gasteiger partial charge in [0.25, 0.3) is 0 Å². The molecule has 0 radical (unpaired) electrons. The average molecular weight is 242 g/mol. The van der Waals surface area contributed by atoms with E-state index in [4.69, 9.17) is 22.1 Å². The van der Waals surface area contributed by atoms with Crippen molar-refractivity contribution in [2.24, 2.45) is 5.73 Å². The number of hydrogen-bond donors (Lipinski definition) is 1. The van der Waals surface area contributed by atoms with Gasteiger partial charge in [0.05, 0.1) is 6.10 Å². The highest BCUT2D eigenvalue weighted by Crippen LogP contribution is 2.24. The second-order valence-corrected chi connectivity index (χ2v) is 4.24. The molecule has 0 aliphatic rings. The zero-order valence-corrected chi connectivity index (χ0v) is 10.8. The molecular formula is C13H20ClNO. The molecule has 1 unspecified atom stereocenters. The van der Waals surface area contributed by atoms with Gasteiger partial charge in [-0.15, -0.1) is 0 Å². The molecule has 90 valence electrons. The zero-order valence-electron chi connectivity index (χ0n) is 10.0. The number of aryl methyl sites for hydroxylation is 1. The molecule has 16 heavy (non-hydrogen) atoms. The quantitative estimate of drug-likeness (QED) is 0.829. The van der Waals surface area contributed by atoms with Crippen LogP contribution in [-0.4, -0.2) is 12.6 Å². The molecule has 1 rings (SSSR count). The van der Waals surface area contributed by atoms with Crippen molar-refractivity contribution < 1.29 is 4.74 Å². The van der Waals surface area contributed by atoms with Crippen LogP contribution < -0.4 is 10.5 Å². The van der Waals surface area contributed by atoms with Crippen molar-refractivity contribution in [3.05, 3.63) is 28.8 Å². The predicted octanol–water partition coefficient (Wildman–Crippen LogP) is 3.41. The molecule has 0 amide bonds. The van der Waals surface area contributed by atoms with Crippen molar-refractivity contribution in [3.63, 3.8) is 0 Å². The minimum absolute atomic E-state index is 0.205. The Labute approximate surface area is 103 Å². The molecule has 0 aromatic heterocycles. The minimum atomic E-state index is 0.205. The van der Waals surface area contributed by atoms with Crippen LogP contribution in [0.5, 0.6) is 5.75 Å². The molecule has 0 spiro atoms. The average Bonchev–Trinajstić information content (AvgIpc) is 2.30. The summed E-state index contributed by atoms with van der Waals surface area (Å²) in [6.45, 7) is 4.85. The number of hydrogen-bond acceptors (Lipinski definition) is 2. The number of halogens is 1.